The van der Waals surface area contributed by atoms with Gasteiger partial charge in [0.25, 0.3) is 5.91 Å². The first kappa shape index (κ1) is 15.0. The van der Waals surface area contributed by atoms with Crippen molar-refractivity contribution in [3.05, 3.63) is 34.1 Å². The van der Waals surface area contributed by atoms with Crippen LogP contribution in [-0.2, 0) is 0 Å². The summed E-state index contributed by atoms with van der Waals surface area (Å²) in [7, 11) is 0. The molecule has 0 radical (unpaired) electrons. The molecule has 2 aliphatic rings. The van der Waals surface area contributed by atoms with Crippen molar-refractivity contribution < 1.29 is 9.18 Å². The van der Waals surface area contributed by atoms with Gasteiger partial charge < -0.3 is 10.2 Å². The third-order valence-electron chi connectivity index (χ3n) is 4.95. The maximum atomic E-state index is 13.9. The molecular formula is C16H20BrFN2O. The minimum Gasteiger partial charge on any atom is -0.338 e. The molecule has 2 saturated heterocycles. The zero-order chi connectivity index (χ0) is 14.9. The second kappa shape index (κ2) is 6.05. The Balaban J connectivity index is 1.70. The molecule has 0 aliphatic carbocycles. The molecule has 114 valence electrons. The number of hydrogen-bond acceptors (Lipinski definition) is 2. The van der Waals surface area contributed by atoms with Crippen LogP contribution in [0.1, 0.15) is 36.0 Å². The van der Waals surface area contributed by atoms with Crippen LogP contribution in [0.3, 0.4) is 0 Å². The number of benzene rings is 1. The van der Waals surface area contributed by atoms with E-state index in [-0.39, 0.29) is 11.5 Å². The SMILES string of the molecule is O=C(c1c(F)cccc1Br)N1CCC2(CCNCC2)CC1. The third-order valence-corrected chi connectivity index (χ3v) is 5.61. The van der Waals surface area contributed by atoms with E-state index in [2.05, 4.69) is 21.2 Å². The molecular weight excluding hydrogens is 335 g/mol. The highest BCUT2D eigenvalue weighted by Gasteiger charge is 2.37. The van der Waals surface area contributed by atoms with Crippen LogP contribution in [0.5, 0.6) is 0 Å². The Labute approximate surface area is 133 Å². The highest BCUT2D eigenvalue weighted by molar-refractivity contribution is 9.10. The van der Waals surface area contributed by atoms with Crippen molar-refractivity contribution in [2.45, 2.75) is 25.7 Å². The molecule has 3 rings (SSSR count). The first-order valence-electron chi connectivity index (χ1n) is 7.55. The Morgan fingerprint density at radius 2 is 1.86 bits per heavy atom. The molecule has 1 amide bonds. The molecule has 0 unspecified atom stereocenters. The maximum Gasteiger partial charge on any atom is 0.257 e. The first-order chi connectivity index (χ1) is 10.1. The van der Waals surface area contributed by atoms with Gasteiger partial charge in [0.1, 0.15) is 5.82 Å². The summed E-state index contributed by atoms with van der Waals surface area (Å²) in [5, 5.41) is 3.39. The van der Waals surface area contributed by atoms with Crippen molar-refractivity contribution >= 4 is 21.8 Å². The van der Waals surface area contributed by atoms with Gasteiger partial charge in [-0.05, 0) is 72.3 Å². The van der Waals surface area contributed by atoms with Gasteiger partial charge in [-0.2, -0.15) is 0 Å². The van der Waals surface area contributed by atoms with Crippen LogP contribution in [-0.4, -0.2) is 37.0 Å². The molecule has 2 heterocycles. The van der Waals surface area contributed by atoms with Crippen LogP contribution in [0, 0.1) is 11.2 Å². The Morgan fingerprint density at radius 3 is 2.48 bits per heavy atom. The number of hydrogen-bond donors (Lipinski definition) is 1. The predicted molar refractivity (Wildman–Crippen MR) is 83.8 cm³/mol. The summed E-state index contributed by atoms with van der Waals surface area (Å²) in [4.78, 5) is 14.4. The fourth-order valence-corrected chi connectivity index (χ4v) is 4.01. The zero-order valence-corrected chi connectivity index (χ0v) is 13.6. The van der Waals surface area contributed by atoms with Crippen molar-refractivity contribution in [2.24, 2.45) is 5.41 Å². The summed E-state index contributed by atoms with van der Waals surface area (Å²) in [6.45, 7) is 3.62. The summed E-state index contributed by atoms with van der Waals surface area (Å²) in [5.41, 5.74) is 0.563. The van der Waals surface area contributed by atoms with E-state index in [9.17, 15) is 9.18 Å². The van der Waals surface area contributed by atoms with E-state index >= 15 is 0 Å². The first-order valence-corrected chi connectivity index (χ1v) is 8.35. The second-order valence-electron chi connectivity index (χ2n) is 6.14. The quantitative estimate of drug-likeness (QED) is 0.839. The van der Waals surface area contributed by atoms with Crippen molar-refractivity contribution in [1.29, 1.82) is 0 Å². The lowest BCUT2D eigenvalue weighted by molar-refractivity contribution is 0.0491. The number of piperidine rings is 2. The summed E-state index contributed by atoms with van der Waals surface area (Å²) in [6.07, 6.45) is 4.45. The number of nitrogens with zero attached hydrogens (tertiary/aromatic N) is 1. The highest BCUT2D eigenvalue weighted by Crippen LogP contribution is 2.40. The Hall–Kier alpha value is -0.940. The van der Waals surface area contributed by atoms with E-state index in [0.717, 1.165) is 39.0 Å². The molecule has 0 saturated carbocycles. The lowest BCUT2D eigenvalue weighted by Crippen LogP contribution is -2.47. The standard InChI is InChI=1S/C16H20BrFN2O/c17-12-2-1-3-13(18)14(12)15(21)20-10-6-16(7-11-20)4-8-19-9-5-16/h1-3,19H,4-11H2. The maximum absolute atomic E-state index is 13.9. The van der Waals surface area contributed by atoms with E-state index in [0.29, 0.717) is 9.89 Å². The van der Waals surface area contributed by atoms with Crippen molar-refractivity contribution in [2.75, 3.05) is 26.2 Å². The summed E-state index contributed by atoms with van der Waals surface area (Å²) >= 11 is 3.29. The van der Waals surface area contributed by atoms with Crippen LogP contribution in [0.4, 0.5) is 4.39 Å². The minimum absolute atomic E-state index is 0.166. The zero-order valence-electron chi connectivity index (χ0n) is 12.0. The van der Waals surface area contributed by atoms with Gasteiger partial charge in [-0.25, -0.2) is 4.39 Å². The van der Waals surface area contributed by atoms with Crippen LogP contribution in [0.15, 0.2) is 22.7 Å². The molecule has 1 aromatic rings. The lowest BCUT2D eigenvalue weighted by Gasteiger charge is -2.44. The monoisotopic (exact) mass is 354 g/mol. The van der Waals surface area contributed by atoms with Gasteiger partial charge in [-0.1, -0.05) is 6.07 Å². The highest BCUT2D eigenvalue weighted by atomic mass is 79.9. The number of nitrogens with one attached hydrogen (secondary N) is 1. The molecule has 0 bridgehead atoms. The summed E-state index contributed by atoms with van der Waals surface area (Å²) in [5.74, 6) is -0.639. The van der Waals surface area contributed by atoms with Crippen molar-refractivity contribution in [1.82, 2.24) is 10.2 Å². The topological polar surface area (TPSA) is 32.3 Å². The Morgan fingerprint density at radius 1 is 1.19 bits per heavy atom. The second-order valence-corrected chi connectivity index (χ2v) is 6.99. The smallest absolute Gasteiger partial charge is 0.257 e. The molecule has 2 fully saturated rings. The summed E-state index contributed by atoms with van der Waals surface area (Å²) < 4.78 is 14.5. The van der Waals surface area contributed by atoms with Gasteiger partial charge >= 0.3 is 0 Å². The van der Waals surface area contributed by atoms with E-state index in [1.54, 1.807) is 17.0 Å². The third kappa shape index (κ3) is 2.99. The van der Waals surface area contributed by atoms with Gasteiger partial charge in [0, 0.05) is 17.6 Å². The molecule has 3 nitrogen and oxygen atoms in total. The van der Waals surface area contributed by atoms with Gasteiger partial charge in [0.05, 0.1) is 5.56 Å². The number of rotatable bonds is 1. The fraction of sp³-hybridized carbons (Fsp3) is 0.562. The Kier molecular flexibility index (Phi) is 4.31. The van der Waals surface area contributed by atoms with Gasteiger partial charge in [-0.3, -0.25) is 4.79 Å². The number of carbonyl (C=O) groups excluding carboxylic acids is 1. The molecule has 1 aromatic carbocycles. The van der Waals surface area contributed by atoms with E-state index in [1.807, 2.05) is 0 Å². The number of halogens is 2. The average molecular weight is 355 g/mol. The summed E-state index contributed by atoms with van der Waals surface area (Å²) in [6, 6.07) is 4.67. The van der Waals surface area contributed by atoms with Crippen LogP contribution in [0.25, 0.3) is 0 Å². The largest absolute Gasteiger partial charge is 0.338 e. The van der Waals surface area contributed by atoms with Gasteiger partial charge in [-0.15, -0.1) is 0 Å². The van der Waals surface area contributed by atoms with Gasteiger partial charge in [0.15, 0.2) is 0 Å². The molecule has 1 spiro atoms. The van der Waals surface area contributed by atoms with E-state index < -0.39 is 5.82 Å². The average Bonchev–Trinajstić information content (AvgIpc) is 2.48. The molecule has 1 N–H and O–H groups in total. The molecule has 0 atom stereocenters. The minimum atomic E-state index is -0.448. The number of carbonyl (C=O) groups is 1. The van der Waals surface area contributed by atoms with Gasteiger partial charge in [0.2, 0.25) is 0 Å². The van der Waals surface area contributed by atoms with Crippen molar-refractivity contribution in [3.8, 4) is 0 Å². The van der Waals surface area contributed by atoms with Crippen LogP contribution in [0.2, 0.25) is 0 Å². The predicted octanol–water partition coefficient (Wildman–Crippen LogP) is 3.19. The van der Waals surface area contributed by atoms with E-state index in [1.165, 1.54) is 18.9 Å². The fourth-order valence-electron chi connectivity index (χ4n) is 3.50. The Bertz CT molecular complexity index is 513. The number of likely N-dealkylation sites (tertiary alicyclic amines) is 1. The van der Waals surface area contributed by atoms with E-state index in [4.69, 9.17) is 0 Å². The van der Waals surface area contributed by atoms with Crippen LogP contribution < -0.4 is 5.32 Å². The molecule has 0 aromatic heterocycles. The van der Waals surface area contributed by atoms with Crippen molar-refractivity contribution in [3.63, 3.8) is 0 Å². The molecule has 2 aliphatic heterocycles. The normalized spacial score (nSPS) is 21.5. The lowest BCUT2D eigenvalue weighted by atomic mass is 9.71. The van der Waals surface area contributed by atoms with Crippen LogP contribution >= 0.6 is 15.9 Å². The molecule has 5 heteroatoms. The number of amides is 1. The molecule has 21 heavy (non-hydrogen) atoms.